The van der Waals surface area contributed by atoms with E-state index in [4.69, 9.17) is 0 Å². The Kier molecular flexibility index (Phi) is 5.81. The molecule has 0 bridgehead atoms. The number of nitrogens with zero attached hydrogens (tertiary/aromatic N) is 2. The van der Waals surface area contributed by atoms with Crippen molar-refractivity contribution >= 4 is 33.3 Å². The zero-order valence-electron chi connectivity index (χ0n) is 16.1. The van der Waals surface area contributed by atoms with Gasteiger partial charge in [0.15, 0.2) is 0 Å². The third-order valence-electron chi connectivity index (χ3n) is 4.67. The Balaban J connectivity index is 1.42. The summed E-state index contributed by atoms with van der Waals surface area (Å²) in [5.74, 6) is 0.761. The van der Waals surface area contributed by atoms with Crippen molar-refractivity contribution in [3.8, 4) is 0 Å². The first-order valence-corrected chi connectivity index (χ1v) is 10.4. The van der Waals surface area contributed by atoms with Crippen LogP contribution in [0.15, 0.2) is 73.1 Å². The fraction of sp³-hybridized carbons (Fsp3) is 0.174. The summed E-state index contributed by atoms with van der Waals surface area (Å²) in [6, 6.07) is 21.9. The minimum absolute atomic E-state index is 0.0120. The van der Waals surface area contributed by atoms with Gasteiger partial charge in [0, 0.05) is 17.8 Å². The Morgan fingerprint density at radius 3 is 2.31 bits per heavy atom. The molecule has 0 aliphatic heterocycles. The molecule has 0 radical (unpaired) electrons. The fourth-order valence-electron chi connectivity index (χ4n) is 3.29. The molecule has 4 rings (SSSR count). The summed E-state index contributed by atoms with van der Waals surface area (Å²) in [5.41, 5.74) is 2.12. The van der Waals surface area contributed by atoms with Crippen molar-refractivity contribution in [3.05, 3.63) is 89.1 Å². The first-order chi connectivity index (χ1) is 14.2. The second kappa shape index (κ2) is 8.84. The number of aryl methyl sites for hydroxylation is 1. The number of aromatic nitrogens is 2. The van der Waals surface area contributed by atoms with Crippen LogP contribution in [-0.4, -0.2) is 22.4 Å². The largest absolute Gasteiger partial charge is 0.369 e. The van der Waals surface area contributed by atoms with Crippen molar-refractivity contribution in [2.75, 3.05) is 11.9 Å². The second-order valence-corrected chi connectivity index (χ2v) is 8.03. The third-order valence-corrected chi connectivity index (χ3v) is 5.63. The van der Waals surface area contributed by atoms with Crippen LogP contribution in [-0.2, 0) is 4.79 Å². The average molecular weight is 403 g/mol. The molecule has 2 N–H and O–H groups in total. The van der Waals surface area contributed by atoms with E-state index in [-0.39, 0.29) is 11.9 Å². The Hall–Kier alpha value is -3.25. The zero-order valence-corrected chi connectivity index (χ0v) is 16.9. The molecule has 0 fully saturated rings. The molecular weight excluding hydrogens is 380 g/mol. The molecule has 0 atom stereocenters. The van der Waals surface area contributed by atoms with Gasteiger partial charge in [0.1, 0.15) is 17.0 Å². The van der Waals surface area contributed by atoms with E-state index in [1.807, 2.05) is 60.7 Å². The van der Waals surface area contributed by atoms with E-state index in [1.165, 1.54) is 4.88 Å². The van der Waals surface area contributed by atoms with Crippen LogP contribution in [0.1, 0.15) is 28.5 Å². The Labute approximate surface area is 173 Å². The number of carbonyl (C=O) groups is 1. The van der Waals surface area contributed by atoms with Crippen LogP contribution in [0.25, 0.3) is 10.2 Å². The van der Waals surface area contributed by atoms with Crippen molar-refractivity contribution in [1.29, 1.82) is 0 Å². The van der Waals surface area contributed by atoms with Crippen LogP contribution in [0.5, 0.6) is 0 Å². The minimum atomic E-state index is -0.171. The summed E-state index contributed by atoms with van der Waals surface area (Å²) in [5, 5.41) is 7.45. The lowest BCUT2D eigenvalue weighted by atomic mass is 9.98. The standard InChI is InChI=1S/C23H22N4OS/c1-16-14-19-22(25-15-26-23(19)29-16)24-13-12-20(28)27-21(17-8-4-2-5-9-17)18-10-6-3-7-11-18/h2-11,14-15,21H,12-13H2,1H3,(H,27,28)(H,24,25,26). The lowest BCUT2D eigenvalue weighted by molar-refractivity contribution is -0.121. The molecule has 5 nitrogen and oxygen atoms in total. The molecule has 0 saturated carbocycles. The summed E-state index contributed by atoms with van der Waals surface area (Å²) in [4.78, 5) is 23.4. The van der Waals surface area contributed by atoms with Crippen LogP contribution >= 0.6 is 11.3 Å². The minimum Gasteiger partial charge on any atom is -0.369 e. The highest BCUT2D eigenvalue weighted by Gasteiger charge is 2.16. The lowest BCUT2D eigenvalue weighted by Crippen LogP contribution is -2.30. The normalized spacial score (nSPS) is 11.0. The van der Waals surface area contributed by atoms with Gasteiger partial charge in [-0.1, -0.05) is 60.7 Å². The average Bonchev–Trinajstić information content (AvgIpc) is 3.14. The maximum atomic E-state index is 12.7. The second-order valence-electron chi connectivity index (χ2n) is 6.80. The number of amides is 1. The van der Waals surface area contributed by atoms with E-state index >= 15 is 0 Å². The number of hydrogen-bond acceptors (Lipinski definition) is 5. The van der Waals surface area contributed by atoms with Crippen molar-refractivity contribution < 1.29 is 4.79 Å². The molecule has 0 spiro atoms. The van der Waals surface area contributed by atoms with Gasteiger partial charge in [0.25, 0.3) is 0 Å². The monoisotopic (exact) mass is 402 g/mol. The Morgan fingerprint density at radius 1 is 1.00 bits per heavy atom. The van der Waals surface area contributed by atoms with Gasteiger partial charge in [-0.25, -0.2) is 9.97 Å². The highest BCUT2D eigenvalue weighted by atomic mass is 32.1. The summed E-state index contributed by atoms with van der Waals surface area (Å²) < 4.78 is 0. The van der Waals surface area contributed by atoms with E-state index in [1.54, 1.807) is 17.7 Å². The van der Waals surface area contributed by atoms with Crippen molar-refractivity contribution in [1.82, 2.24) is 15.3 Å². The SMILES string of the molecule is Cc1cc2c(NCCC(=O)NC(c3ccccc3)c3ccccc3)ncnc2s1. The number of hydrogen-bond donors (Lipinski definition) is 2. The molecule has 0 aliphatic rings. The summed E-state index contributed by atoms with van der Waals surface area (Å²) >= 11 is 1.64. The van der Waals surface area contributed by atoms with E-state index < -0.39 is 0 Å². The fourth-order valence-corrected chi connectivity index (χ4v) is 4.14. The Morgan fingerprint density at radius 2 is 1.66 bits per heavy atom. The molecule has 2 aromatic carbocycles. The van der Waals surface area contributed by atoms with Gasteiger partial charge in [-0.2, -0.15) is 0 Å². The quantitative estimate of drug-likeness (QED) is 0.470. The molecule has 0 unspecified atom stereocenters. The zero-order chi connectivity index (χ0) is 20.1. The number of fused-ring (bicyclic) bond motifs is 1. The number of anilines is 1. The Bertz CT molecular complexity index is 1060. The highest BCUT2D eigenvalue weighted by molar-refractivity contribution is 7.18. The summed E-state index contributed by atoms with van der Waals surface area (Å²) in [7, 11) is 0. The van der Waals surface area contributed by atoms with Gasteiger partial charge in [-0.05, 0) is 24.1 Å². The molecule has 29 heavy (non-hydrogen) atoms. The van der Waals surface area contributed by atoms with Crippen LogP contribution < -0.4 is 10.6 Å². The van der Waals surface area contributed by atoms with Crippen LogP contribution in [0.2, 0.25) is 0 Å². The van der Waals surface area contributed by atoms with Crippen LogP contribution in [0, 0.1) is 6.92 Å². The van der Waals surface area contributed by atoms with Gasteiger partial charge in [-0.3, -0.25) is 4.79 Å². The van der Waals surface area contributed by atoms with Crippen LogP contribution in [0.3, 0.4) is 0 Å². The van der Waals surface area contributed by atoms with Crippen molar-refractivity contribution in [2.45, 2.75) is 19.4 Å². The predicted molar refractivity (Wildman–Crippen MR) is 118 cm³/mol. The van der Waals surface area contributed by atoms with Gasteiger partial charge < -0.3 is 10.6 Å². The molecule has 2 aromatic heterocycles. The molecule has 6 heteroatoms. The summed E-state index contributed by atoms with van der Waals surface area (Å²) in [6.45, 7) is 2.56. The maximum Gasteiger partial charge on any atom is 0.222 e. The number of carbonyl (C=O) groups excluding carboxylic acids is 1. The highest BCUT2D eigenvalue weighted by Crippen LogP contribution is 2.27. The molecule has 1 amide bonds. The van der Waals surface area contributed by atoms with Gasteiger partial charge >= 0.3 is 0 Å². The molecule has 0 saturated heterocycles. The number of thiophene rings is 1. The molecule has 4 aromatic rings. The number of benzene rings is 2. The maximum absolute atomic E-state index is 12.7. The van der Waals surface area contributed by atoms with E-state index in [0.29, 0.717) is 13.0 Å². The van der Waals surface area contributed by atoms with Crippen molar-refractivity contribution in [2.24, 2.45) is 0 Å². The topological polar surface area (TPSA) is 66.9 Å². The van der Waals surface area contributed by atoms with E-state index in [0.717, 1.165) is 27.2 Å². The predicted octanol–water partition coefficient (Wildman–Crippen LogP) is 4.71. The lowest BCUT2D eigenvalue weighted by Gasteiger charge is -2.20. The van der Waals surface area contributed by atoms with Crippen LogP contribution in [0.4, 0.5) is 5.82 Å². The summed E-state index contributed by atoms with van der Waals surface area (Å²) in [6.07, 6.45) is 1.91. The number of nitrogens with one attached hydrogen (secondary N) is 2. The first-order valence-electron chi connectivity index (χ1n) is 9.55. The molecule has 0 aliphatic carbocycles. The molecular formula is C23H22N4OS. The molecule has 146 valence electrons. The van der Waals surface area contributed by atoms with E-state index in [9.17, 15) is 4.79 Å². The van der Waals surface area contributed by atoms with E-state index in [2.05, 4.69) is 33.6 Å². The van der Waals surface area contributed by atoms with Gasteiger partial charge in [-0.15, -0.1) is 11.3 Å². The third kappa shape index (κ3) is 4.60. The van der Waals surface area contributed by atoms with Gasteiger partial charge in [0.05, 0.1) is 11.4 Å². The first kappa shape index (κ1) is 19.1. The smallest absolute Gasteiger partial charge is 0.222 e. The van der Waals surface area contributed by atoms with Crippen molar-refractivity contribution in [3.63, 3.8) is 0 Å². The molecule has 2 heterocycles. The van der Waals surface area contributed by atoms with Gasteiger partial charge in [0.2, 0.25) is 5.91 Å². The number of rotatable bonds is 7.